The first-order valence-corrected chi connectivity index (χ1v) is 10.4. The van der Waals surface area contributed by atoms with Gasteiger partial charge < -0.3 is 15.0 Å². The maximum Gasteiger partial charge on any atom is 0.151 e. The van der Waals surface area contributed by atoms with Gasteiger partial charge in [0.2, 0.25) is 0 Å². The second-order valence-electron chi connectivity index (χ2n) is 6.63. The minimum absolute atomic E-state index is 0.288. The Balaban J connectivity index is 2.06. The number of thioether (sulfide) groups is 1. The normalized spacial score (nSPS) is 12.8. The molecule has 2 aromatic heterocycles. The molecule has 2 rings (SSSR count). The second kappa shape index (κ2) is 10.0. The van der Waals surface area contributed by atoms with Crippen LogP contribution < -0.4 is 5.73 Å². The molecule has 0 aromatic carbocycles. The molecule has 0 saturated carbocycles. The smallest absolute Gasteiger partial charge is 0.151 e. The molecule has 0 aliphatic rings. The number of anilines is 1. The van der Waals surface area contributed by atoms with Crippen molar-refractivity contribution in [3.05, 3.63) is 17.6 Å². The highest BCUT2D eigenvalue weighted by molar-refractivity contribution is 7.99. The molecule has 140 valence electrons. The quantitative estimate of drug-likeness (QED) is 0.594. The number of unbranched alkanes of at least 4 members (excludes halogenated alkanes) is 2. The first-order chi connectivity index (χ1) is 12.1. The molecule has 0 aliphatic carbocycles. The summed E-state index contributed by atoms with van der Waals surface area (Å²) in [5.74, 6) is 3.05. The number of hydrogen-bond donors (Lipinski definition) is 1. The molecule has 25 heavy (non-hydrogen) atoms. The van der Waals surface area contributed by atoms with Crippen molar-refractivity contribution in [1.29, 1.82) is 0 Å². The molecule has 0 bridgehead atoms. The fraction of sp³-hybridized carbons (Fsp3) is 0.684. The molecule has 0 fully saturated rings. The van der Waals surface area contributed by atoms with Crippen LogP contribution in [0.1, 0.15) is 56.3 Å². The zero-order valence-electron chi connectivity index (χ0n) is 16.0. The van der Waals surface area contributed by atoms with E-state index in [9.17, 15) is 0 Å². The third kappa shape index (κ3) is 5.11. The SMILES string of the molecule is CCCCSCCCCC(COC)n1cnc2c(N)nc(C)c(C)c21. The number of nitrogens with zero attached hydrogens (tertiary/aromatic N) is 3. The van der Waals surface area contributed by atoms with Gasteiger partial charge in [0, 0.05) is 12.8 Å². The molecule has 0 spiro atoms. The van der Waals surface area contributed by atoms with Crippen LogP contribution in [0.4, 0.5) is 5.82 Å². The van der Waals surface area contributed by atoms with Crippen molar-refractivity contribution in [1.82, 2.24) is 14.5 Å². The van der Waals surface area contributed by atoms with Gasteiger partial charge in [0.1, 0.15) is 5.52 Å². The van der Waals surface area contributed by atoms with E-state index in [4.69, 9.17) is 10.5 Å². The summed E-state index contributed by atoms with van der Waals surface area (Å²) >= 11 is 2.07. The molecule has 0 aliphatic heterocycles. The van der Waals surface area contributed by atoms with Gasteiger partial charge in [-0.15, -0.1) is 0 Å². The molecule has 1 atom stereocenters. The lowest BCUT2D eigenvalue weighted by Gasteiger charge is -2.20. The van der Waals surface area contributed by atoms with Crippen molar-refractivity contribution in [3.63, 3.8) is 0 Å². The summed E-state index contributed by atoms with van der Waals surface area (Å²) in [6, 6.07) is 0.288. The Kier molecular flexibility index (Phi) is 8.03. The lowest BCUT2D eigenvalue weighted by molar-refractivity contribution is 0.151. The van der Waals surface area contributed by atoms with E-state index in [1.54, 1.807) is 7.11 Å². The van der Waals surface area contributed by atoms with E-state index in [1.807, 2.05) is 13.3 Å². The van der Waals surface area contributed by atoms with Gasteiger partial charge in [0.15, 0.2) is 5.82 Å². The van der Waals surface area contributed by atoms with E-state index in [-0.39, 0.29) is 6.04 Å². The molecule has 2 aromatic rings. The van der Waals surface area contributed by atoms with Crippen LogP contribution in [0.2, 0.25) is 0 Å². The third-order valence-electron chi connectivity index (χ3n) is 4.69. The van der Waals surface area contributed by atoms with Crippen molar-refractivity contribution < 1.29 is 4.74 Å². The number of methoxy groups -OCH3 is 1. The summed E-state index contributed by atoms with van der Waals surface area (Å²) in [6.45, 7) is 7.03. The molecule has 1 unspecified atom stereocenters. The number of fused-ring (bicyclic) bond motifs is 1. The maximum atomic E-state index is 6.07. The highest BCUT2D eigenvalue weighted by Gasteiger charge is 2.18. The van der Waals surface area contributed by atoms with E-state index >= 15 is 0 Å². The monoisotopic (exact) mass is 364 g/mol. The van der Waals surface area contributed by atoms with Gasteiger partial charge in [0.05, 0.1) is 24.5 Å². The number of rotatable bonds is 11. The summed E-state index contributed by atoms with van der Waals surface area (Å²) < 4.78 is 7.73. The number of aryl methyl sites for hydroxylation is 2. The molecule has 0 saturated heterocycles. The zero-order valence-corrected chi connectivity index (χ0v) is 16.9. The Morgan fingerprint density at radius 1 is 1.24 bits per heavy atom. The number of pyridine rings is 1. The van der Waals surface area contributed by atoms with Crippen LogP contribution in [0, 0.1) is 13.8 Å². The number of nitrogen functional groups attached to an aromatic ring is 1. The van der Waals surface area contributed by atoms with Crippen LogP contribution in [0.25, 0.3) is 11.0 Å². The average Bonchev–Trinajstić information content (AvgIpc) is 3.03. The van der Waals surface area contributed by atoms with E-state index in [1.165, 1.54) is 37.2 Å². The van der Waals surface area contributed by atoms with Crippen LogP contribution in [-0.4, -0.2) is 39.8 Å². The molecule has 5 nitrogen and oxygen atoms in total. The van der Waals surface area contributed by atoms with Gasteiger partial charge in [-0.3, -0.25) is 0 Å². The van der Waals surface area contributed by atoms with Crippen molar-refractivity contribution >= 4 is 28.6 Å². The third-order valence-corrected chi connectivity index (χ3v) is 5.85. The van der Waals surface area contributed by atoms with E-state index < -0.39 is 0 Å². The highest BCUT2D eigenvalue weighted by Crippen LogP contribution is 2.28. The highest BCUT2D eigenvalue weighted by atomic mass is 32.2. The fourth-order valence-corrected chi connectivity index (χ4v) is 4.22. The van der Waals surface area contributed by atoms with Gasteiger partial charge in [-0.05, 0) is 50.2 Å². The fourth-order valence-electron chi connectivity index (χ4n) is 3.11. The standard InChI is InChI=1S/C19H32N4OS/c1-5-6-10-25-11-8-7-9-16(12-24-4)23-13-21-17-18(23)14(2)15(3)22-19(17)20/h13,16H,5-12H2,1-4H3,(H2,20,22). The van der Waals surface area contributed by atoms with Crippen LogP contribution in [0.3, 0.4) is 0 Å². The molecular formula is C19H32N4OS. The van der Waals surface area contributed by atoms with Gasteiger partial charge in [-0.2, -0.15) is 11.8 Å². The Bertz CT molecular complexity index is 671. The first-order valence-electron chi connectivity index (χ1n) is 9.26. The maximum absolute atomic E-state index is 6.07. The lowest BCUT2D eigenvalue weighted by Crippen LogP contribution is -2.15. The summed E-state index contributed by atoms with van der Waals surface area (Å²) in [4.78, 5) is 8.92. The van der Waals surface area contributed by atoms with E-state index in [0.29, 0.717) is 12.4 Å². The number of aromatic nitrogens is 3. The summed E-state index contributed by atoms with van der Waals surface area (Å²) in [7, 11) is 1.76. The second-order valence-corrected chi connectivity index (χ2v) is 7.85. The topological polar surface area (TPSA) is 66.0 Å². The first kappa shape index (κ1) is 20.0. The minimum atomic E-state index is 0.288. The van der Waals surface area contributed by atoms with Crippen molar-refractivity contribution in [3.8, 4) is 0 Å². The predicted molar refractivity (Wildman–Crippen MR) is 108 cm³/mol. The summed E-state index contributed by atoms with van der Waals surface area (Å²) in [6.07, 6.45) is 8.05. The van der Waals surface area contributed by atoms with Gasteiger partial charge in [0.25, 0.3) is 0 Å². The molecule has 2 N–H and O–H groups in total. The summed E-state index contributed by atoms with van der Waals surface area (Å²) in [5, 5.41) is 0. The molecule has 6 heteroatoms. The predicted octanol–water partition coefficient (Wildman–Crippen LogP) is 4.52. The Morgan fingerprint density at radius 3 is 2.72 bits per heavy atom. The molecular weight excluding hydrogens is 332 g/mol. The van der Waals surface area contributed by atoms with Crippen LogP contribution in [0.5, 0.6) is 0 Å². The Morgan fingerprint density at radius 2 is 2.00 bits per heavy atom. The average molecular weight is 365 g/mol. The molecule has 2 heterocycles. The van der Waals surface area contributed by atoms with Crippen molar-refractivity contribution in [2.45, 2.75) is 58.9 Å². The molecule has 0 radical (unpaired) electrons. The van der Waals surface area contributed by atoms with Crippen molar-refractivity contribution in [2.24, 2.45) is 0 Å². The van der Waals surface area contributed by atoms with E-state index in [0.717, 1.165) is 28.7 Å². The lowest BCUT2D eigenvalue weighted by atomic mass is 10.1. The van der Waals surface area contributed by atoms with Gasteiger partial charge in [-0.1, -0.05) is 19.8 Å². The zero-order chi connectivity index (χ0) is 18.2. The summed E-state index contributed by atoms with van der Waals surface area (Å²) in [5.41, 5.74) is 10.1. The van der Waals surface area contributed by atoms with Crippen LogP contribution in [-0.2, 0) is 4.74 Å². The largest absolute Gasteiger partial charge is 0.383 e. The van der Waals surface area contributed by atoms with E-state index in [2.05, 4.69) is 40.1 Å². The Hall–Kier alpha value is -1.27. The molecule has 0 amide bonds. The van der Waals surface area contributed by atoms with Gasteiger partial charge >= 0.3 is 0 Å². The number of ether oxygens (including phenoxy) is 1. The number of imidazole rings is 1. The minimum Gasteiger partial charge on any atom is -0.383 e. The number of hydrogen-bond acceptors (Lipinski definition) is 5. The van der Waals surface area contributed by atoms with Crippen molar-refractivity contribution in [2.75, 3.05) is 31.0 Å². The Labute approximate surface area is 155 Å². The van der Waals surface area contributed by atoms with Crippen LogP contribution in [0.15, 0.2) is 6.33 Å². The van der Waals surface area contributed by atoms with Gasteiger partial charge in [-0.25, -0.2) is 9.97 Å². The number of nitrogens with two attached hydrogens (primary N) is 1. The van der Waals surface area contributed by atoms with Crippen LogP contribution >= 0.6 is 11.8 Å².